The standard InChI is InChI=1S/C54H54O12S12/c1-27-19-33-29(11-3-7-15-75(55,56)57)35-21-41(69-49(35)47(33)67-27)43-23-37-31(13-5-9-17-77(61,62)63)39-25-45(73-53(39)51(37)71-43)46-26-40-32(14-6-10-18-78(64,65)66)38-24-44(72-52(38)54(40)74-46)42-22-36-30(12-4-8-16-76(58,59)60)34-20-28(2)68-48(34)50(36)70-42/h19-26,29-32H,3-18H2,1-2H3,(H,55,56,57)(H,58,59,60)(H,61,62,63)(H,64,65,66)/t29-,30?,31?,32+/m0/s1. The molecule has 24 heteroatoms. The predicted octanol–water partition coefficient (Wildman–Crippen LogP) is 16.5. The fourth-order valence-electron chi connectivity index (χ4n) is 12.2. The van der Waals surface area contributed by atoms with Crippen molar-refractivity contribution in [3.05, 3.63) is 103 Å². The van der Waals surface area contributed by atoms with Gasteiger partial charge in [0.1, 0.15) is 0 Å². The van der Waals surface area contributed by atoms with Crippen LogP contribution in [0.15, 0.2) is 48.5 Å². The van der Waals surface area contributed by atoms with Crippen LogP contribution in [-0.2, 0) is 40.5 Å². The van der Waals surface area contributed by atoms with Gasteiger partial charge in [-0.1, -0.05) is 25.7 Å². The van der Waals surface area contributed by atoms with Crippen molar-refractivity contribution < 1.29 is 51.9 Å². The Kier molecular flexibility index (Phi) is 15.1. The van der Waals surface area contributed by atoms with Gasteiger partial charge in [-0.15, -0.1) is 90.7 Å². The summed E-state index contributed by atoms with van der Waals surface area (Å²) in [5.74, 6) is -0.712. The second-order valence-corrected chi connectivity index (χ2v) is 36.1. The summed E-state index contributed by atoms with van der Waals surface area (Å²) in [4.78, 5) is 19.4. The van der Waals surface area contributed by atoms with Crippen LogP contribution < -0.4 is 0 Å². The third kappa shape index (κ3) is 11.1. The van der Waals surface area contributed by atoms with Crippen LogP contribution >= 0.6 is 90.7 Å². The summed E-state index contributed by atoms with van der Waals surface area (Å²) in [6.45, 7) is 4.24. The van der Waals surface area contributed by atoms with Crippen molar-refractivity contribution in [3.63, 3.8) is 0 Å². The Morgan fingerprint density at radius 1 is 0.295 bits per heavy atom. The Morgan fingerprint density at radius 2 is 0.474 bits per heavy atom. The van der Waals surface area contributed by atoms with Gasteiger partial charge in [0, 0.05) is 102 Å². The van der Waals surface area contributed by atoms with Crippen molar-refractivity contribution in [2.75, 3.05) is 23.0 Å². The number of hydrogen-bond acceptors (Lipinski definition) is 16. The number of unbranched alkanes of at least 4 members (excludes halogenated alkanes) is 4. The largest absolute Gasteiger partial charge is 0.286 e. The molecule has 0 aromatic carbocycles. The first kappa shape index (κ1) is 55.8. The second-order valence-electron chi connectivity index (χ2n) is 21.0. The molecule has 8 heterocycles. The fraction of sp³-hybridized carbons (Fsp3) is 0.407. The smallest absolute Gasteiger partial charge is 0.264 e. The van der Waals surface area contributed by atoms with Crippen LogP contribution in [0, 0.1) is 13.8 Å². The van der Waals surface area contributed by atoms with E-state index in [2.05, 4.69) is 62.4 Å². The van der Waals surface area contributed by atoms with Gasteiger partial charge >= 0.3 is 0 Å². The van der Waals surface area contributed by atoms with Crippen molar-refractivity contribution in [3.8, 4) is 68.3 Å². The molecule has 12 rings (SSSR count). The highest BCUT2D eigenvalue weighted by molar-refractivity contribution is 7.86. The van der Waals surface area contributed by atoms with Gasteiger partial charge in [-0.05, 0) is 158 Å². The summed E-state index contributed by atoms with van der Waals surface area (Å²) in [7, 11) is -16.3. The van der Waals surface area contributed by atoms with Gasteiger partial charge in [0.15, 0.2) is 0 Å². The van der Waals surface area contributed by atoms with Crippen LogP contribution in [0.2, 0.25) is 0 Å². The van der Waals surface area contributed by atoms with Crippen LogP contribution in [0.5, 0.6) is 0 Å². The number of thiophene rings is 8. The maximum absolute atomic E-state index is 11.8. The van der Waals surface area contributed by atoms with Gasteiger partial charge < -0.3 is 0 Å². The van der Waals surface area contributed by atoms with Crippen LogP contribution in [0.4, 0.5) is 0 Å². The van der Waals surface area contributed by atoms with Gasteiger partial charge in [0.05, 0.1) is 23.0 Å². The summed E-state index contributed by atoms with van der Waals surface area (Å²) in [5.41, 5.74) is 10.1. The summed E-state index contributed by atoms with van der Waals surface area (Å²) in [6.07, 6.45) is 7.04. The van der Waals surface area contributed by atoms with E-state index in [1.165, 1.54) is 113 Å². The maximum atomic E-state index is 11.8. The highest BCUT2D eigenvalue weighted by atomic mass is 32.2. The van der Waals surface area contributed by atoms with Gasteiger partial charge in [0.25, 0.3) is 40.5 Å². The number of hydrogen-bond donors (Lipinski definition) is 4. The highest BCUT2D eigenvalue weighted by Crippen LogP contribution is 2.64. The van der Waals surface area contributed by atoms with Crippen LogP contribution in [0.3, 0.4) is 0 Å². The summed E-state index contributed by atoms with van der Waals surface area (Å²) >= 11 is 14.3. The molecule has 8 aromatic heterocycles. The Labute approximate surface area is 486 Å². The maximum Gasteiger partial charge on any atom is 0.264 e. The highest BCUT2D eigenvalue weighted by Gasteiger charge is 2.40. The van der Waals surface area contributed by atoms with E-state index in [0.717, 1.165) is 22.6 Å². The van der Waals surface area contributed by atoms with E-state index >= 15 is 0 Å². The zero-order valence-corrected chi connectivity index (χ0v) is 52.0. The zero-order valence-electron chi connectivity index (χ0n) is 42.2. The van der Waals surface area contributed by atoms with Crippen molar-refractivity contribution >= 4 is 131 Å². The van der Waals surface area contributed by atoms with Crippen molar-refractivity contribution in [2.45, 2.75) is 115 Å². The predicted molar refractivity (Wildman–Crippen MR) is 325 cm³/mol. The third-order valence-corrected chi connectivity index (χ3v) is 29.0. The lowest BCUT2D eigenvalue weighted by Gasteiger charge is -2.12. The number of rotatable bonds is 23. The first-order valence-electron chi connectivity index (χ1n) is 25.8. The van der Waals surface area contributed by atoms with E-state index < -0.39 is 40.5 Å². The molecule has 414 valence electrons. The molecule has 0 amide bonds. The van der Waals surface area contributed by atoms with E-state index in [-0.39, 0.29) is 46.7 Å². The molecule has 12 nitrogen and oxygen atoms in total. The van der Waals surface area contributed by atoms with Gasteiger partial charge in [0.2, 0.25) is 0 Å². The van der Waals surface area contributed by atoms with Crippen LogP contribution in [-0.4, -0.2) is 74.9 Å². The third-order valence-electron chi connectivity index (χ3n) is 15.5. The van der Waals surface area contributed by atoms with E-state index in [1.807, 2.05) is 0 Å². The monoisotopic (exact) mass is 1280 g/mol. The molecular formula is C54H54O12S12. The molecule has 0 spiro atoms. The van der Waals surface area contributed by atoms with Gasteiger partial charge in [-0.3, -0.25) is 18.2 Å². The first-order chi connectivity index (χ1) is 36.9. The first-order valence-corrected chi connectivity index (χ1v) is 38.8. The van der Waals surface area contributed by atoms with Crippen molar-refractivity contribution in [2.24, 2.45) is 0 Å². The van der Waals surface area contributed by atoms with Crippen molar-refractivity contribution in [1.29, 1.82) is 0 Å². The van der Waals surface area contributed by atoms with Crippen molar-refractivity contribution in [1.82, 2.24) is 0 Å². The Morgan fingerprint density at radius 3 is 0.667 bits per heavy atom. The molecule has 4 aliphatic carbocycles. The lowest BCUT2D eigenvalue weighted by atomic mass is 9.92. The minimum Gasteiger partial charge on any atom is -0.286 e. The quantitative estimate of drug-likeness (QED) is 0.0347. The fourth-order valence-corrected chi connectivity index (χ4v) is 24.8. The molecular weight excluding hydrogens is 1230 g/mol. The van der Waals surface area contributed by atoms with Crippen LogP contribution in [0.1, 0.15) is 155 Å². The van der Waals surface area contributed by atoms with E-state index in [4.69, 9.17) is 0 Å². The summed E-state index contributed by atoms with van der Waals surface area (Å²) in [6, 6.07) is 18.4. The Balaban J connectivity index is 0.866. The minimum absolute atomic E-state index is 0.0343. The average molecular weight is 1280 g/mol. The number of fused-ring (bicyclic) bond motifs is 12. The van der Waals surface area contributed by atoms with E-state index in [9.17, 15) is 51.9 Å². The lowest BCUT2D eigenvalue weighted by Crippen LogP contribution is -2.04. The van der Waals surface area contributed by atoms with Crippen LogP contribution in [0.25, 0.3) is 68.3 Å². The molecule has 4 atom stereocenters. The molecule has 4 N–H and O–H groups in total. The van der Waals surface area contributed by atoms with Gasteiger partial charge in [-0.2, -0.15) is 33.7 Å². The molecule has 0 fully saturated rings. The average Bonchev–Trinajstić information content (AvgIpc) is 3.90. The minimum atomic E-state index is -4.10. The molecule has 8 aromatic rings. The molecule has 0 aliphatic heterocycles. The molecule has 2 unspecified atom stereocenters. The summed E-state index contributed by atoms with van der Waals surface area (Å²) < 4.78 is 131. The molecule has 0 bridgehead atoms. The molecule has 78 heavy (non-hydrogen) atoms. The second kappa shape index (κ2) is 21.1. The Bertz CT molecular complexity index is 3860. The topological polar surface area (TPSA) is 217 Å². The summed E-state index contributed by atoms with van der Waals surface area (Å²) in [5, 5.41) is 0. The number of aryl methyl sites for hydroxylation is 2. The Hall–Kier alpha value is -2.76. The molecule has 4 aliphatic rings. The SMILES string of the molecule is Cc1cc2c(s1)-c1sc(-c3cc4c(s3)-c3sc(-c5cc6c(s5)-c5sc(-c7cc8c(s7)-c7sc(C)cc7[C@@H]8CCCCS(=O)(=O)O)cc5C6CCCCS(=O)(=O)O)cc3[C@@H]4CCCCS(=O)(=O)O)cc1C2CCCCS(=O)(=O)O. The molecule has 0 saturated heterocycles. The molecule has 0 saturated carbocycles. The lowest BCUT2D eigenvalue weighted by molar-refractivity contribution is 0.476. The van der Waals surface area contributed by atoms with E-state index in [1.54, 1.807) is 90.7 Å². The van der Waals surface area contributed by atoms with E-state index in [0.29, 0.717) is 64.2 Å². The molecule has 0 radical (unpaired) electrons. The normalized spacial score (nSPS) is 18.1. The van der Waals surface area contributed by atoms with Gasteiger partial charge in [-0.25, -0.2) is 0 Å². The zero-order chi connectivity index (χ0) is 54.8.